The molecular weight excluding hydrogens is 391 g/mol. The minimum absolute atomic E-state index is 0.135. The third kappa shape index (κ3) is 4.43. The molecule has 2 N–H and O–H groups in total. The molecule has 0 aliphatic rings. The molecule has 5 nitrogen and oxygen atoms in total. The lowest BCUT2D eigenvalue weighted by molar-refractivity contribution is -0.112. The van der Waals surface area contributed by atoms with Gasteiger partial charge in [-0.1, -0.05) is 59.7 Å². The van der Waals surface area contributed by atoms with Crippen molar-refractivity contribution < 1.29 is 9.18 Å². The number of rotatable bonds is 5. The van der Waals surface area contributed by atoms with Crippen molar-refractivity contribution in [1.29, 1.82) is 0 Å². The Labute approximate surface area is 179 Å². The van der Waals surface area contributed by atoms with Gasteiger partial charge in [0.15, 0.2) is 5.82 Å². The molecule has 1 aromatic heterocycles. The van der Waals surface area contributed by atoms with E-state index < -0.39 is 11.7 Å². The first-order valence-electron chi connectivity index (χ1n) is 9.77. The SMILES string of the molecule is Cc1cc(C)cc(-c2ncn(/C=C(/C(N)=O)c3ccc(-c4ccccc4)c(F)c3)n2)c1. The number of amides is 1. The van der Waals surface area contributed by atoms with Crippen LogP contribution in [0, 0.1) is 19.7 Å². The lowest BCUT2D eigenvalue weighted by Crippen LogP contribution is -2.14. The number of hydrogen-bond acceptors (Lipinski definition) is 3. The highest BCUT2D eigenvalue weighted by Gasteiger charge is 2.14. The molecule has 0 aliphatic carbocycles. The van der Waals surface area contributed by atoms with E-state index in [-0.39, 0.29) is 5.57 Å². The topological polar surface area (TPSA) is 73.8 Å². The molecule has 0 spiro atoms. The largest absolute Gasteiger partial charge is 0.366 e. The molecule has 6 heteroatoms. The fourth-order valence-electron chi connectivity index (χ4n) is 3.52. The second kappa shape index (κ2) is 8.36. The molecule has 0 fully saturated rings. The van der Waals surface area contributed by atoms with E-state index in [0.717, 1.165) is 22.3 Å². The number of aryl methyl sites for hydroxylation is 2. The van der Waals surface area contributed by atoms with Crippen LogP contribution in [-0.2, 0) is 4.79 Å². The third-order valence-electron chi connectivity index (χ3n) is 4.88. The summed E-state index contributed by atoms with van der Waals surface area (Å²) in [5, 5.41) is 4.43. The van der Waals surface area contributed by atoms with E-state index in [0.29, 0.717) is 17.0 Å². The summed E-state index contributed by atoms with van der Waals surface area (Å²) in [5.41, 5.74) is 10.4. The summed E-state index contributed by atoms with van der Waals surface area (Å²) in [5.74, 6) is -0.599. The van der Waals surface area contributed by atoms with Crippen molar-refractivity contribution in [3.8, 4) is 22.5 Å². The fourth-order valence-corrected chi connectivity index (χ4v) is 3.52. The van der Waals surface area contributed by atoms with Crippen LogP contribution in [0.1, 0.15) is 16.7 Å². The van der Waals surface area contributed by atoms with Crippen LogP contribution in [0.3, 0.4) is 0 Å². The predicted molar refractivity (Wildman–Crippen MR) is 120 cm³/mol. The first kappa shape index (κ1) is 20.2. The molecule has 0 radical (unpaired) electrons. The Morgan fingerprint density at radius 3 is 2.32 bits per heavy atom. The number of carbonyl (C=O) groups excluding carboxylic acids is 1. The Morgan fingerprint density at radius 1 is 0.968 bits per heavy atom. The van der Waals surface area contributed by atoms with Crippen LogP contribution in [0.4, 0.5) is 4.39 Å². The van der Waals surface area contributed by atoms with Crippen molar-refractivity contribution in [3.05, 3.63) is 95.6 Å². The van der Waals surface area contributed by atoms with Crippen molar-refractivity contribution in [2.24, 2.45) is 5.73 Å². The van der Waals surface area contributed by atoms with Crippen molar-refractivity contribution in [3.63, 3.8) is 0 Å². The molecule has 0 aliphatic heterocycles. The standard InChI is InChI=1S/C25H21FN4O/c1-16-10-17(2)12-20(11-16)25-28-15-30(29-25)14-22(24(27)31)19-8-9-21(23(26)13-19)18-6-4-3-5-7-18/h3-15H,1-2H3,(H2,27,31)/b22-14+. The van der Waals surface area contributed by atoms with Crippen LogP contribution >= 0.6 is 0 Å². The minimum atomic E-state index is -0.685. The maximum absolute atomic E-state index is 14.8. The van der Waals surface area contributed by atoms with Gasteiger partial charge in [0.25, 0.3) is 5.91 Å². The zero-order chi connectivity index (χ0) is 22.0. The van der Waals surface area contributed by atoms with Crippen LogP contribution in [0.25, 0.3) is 34.3 Å². The molecule has 0 saturated carbocycles. The van der Waals surface area contributed by atoms with E-state index >= 15 is 0 Å². The third-order valence-corrected chi connectivity index (χ3v) is 4.88. The Bertz CT molecular complexity index is 1270. The summed E-state index contributed by atoms with van der Waals surface area (Å²) in [6.07, 6.45) is 2.95. The highest BCUT2D eigenvalue weighted by Crippen LogP contribution is 2.26. The summed E-state index contributed by atoms with van der Waals surface area (Å²) < 4.78 is 16.2. The maximum Gasteiger partial charge on any atom is 0.250 e. The average Bonchev–Trinajstić information content (AvgIpc) is 3.20. The van der Waals surface area contributed by atoms with Crippen LogP contribution in [0.2, 0.25) is 0 Å². The molecule has 4 aromatic rings. The van der Waals surface area contributed by atoms with Gasteiger partial charge in [-0.3, -0.25) is 4.79 Å². The average molecular weight is 412 g/mol. The number of aromatic nitrogens is 3. The summed E-state index contributed by atoms with van der Waals surface area (Å²) in [4.78, 5) is 16.4. The minimum Gasteiger partial charge on any atom is -0.366 e. The number of hydrogen-bond donors (Lipinski definition) is 1. The molecule has 0 atom stereocenters. The van der Waals surface area contributed by atoms with Gasteiger partial charge in [0, 0.05) is 17.3 Å². The van der Waals surface area contributed by atoms with Gasteiger partial charge in [-0.15, -0.1) is 5.10 Å². The normalized spacial score (nSPS) is 11.5. The molecule has 0 saturated heterocycles. The number of benzene rings is 3. The summed E-state index contributed by atoms with van der Waals surface area (Å²) in [7, 11) is 0. The van der Waals surface area contributed by atoms with Gasteiger partial charge in [0.2, 0.25) is 0 Å². The van der Waals surface area contributed by atoms with Crippen LogP contribution < -0.4 is 5.73 Å². The fraction of sp³-hybridized carbons (Fsp3) is 0.0800. The first-order valence-corrected chi connectivity index (χ1v) is 9.77. The van der Waals surface area contributed by atoms with Gasteiger partial charge in [0.1, 0.15) is 12.1 Å². The molecular formula is C25H21FN4O. The highest BCUT2D eigenvalue weighted by molar-refractivity contribution is 6.22. The molecule has 31 heavy (non-hydrogen) atoms. The van der Waals surface area contributed by atoms with Crippen molar-refractivity contribution in [1.82, 2.24) is 14.8 Å². The van der Waals surface area contributed by atoms with Gasteiger partial charge in [-0.2, -0.15) is 0 Å². The summed E-state index contributed by atoms with van der Waals surface area (Å²) >= 11 is 0. The number of nitrogens with zero attached hydrogens (tertiary/aromatic N) is 3. The summed E-state index contributed by atoms with van der Waals surface area (Å²) in [6, 6.07) is 19.9. The van der Waals surface area contributed by atoms with Gasteiger partial charge < -0.3 is 5.73 Å². The number of primary amides is 1. The van der Waals surface area contributed by atoms with Gasteiger partial charge >= 0.3 is 0 Å². The second-order valence-corrected chi connectivity index (χ2v) is 7.39. The molecule has 3 aromatic carbocycles. The number of nitrogens with two attached hydrogens (primary N) is 1. The zero-order valence-electron chi connectivity index (χ0n) is 17.2. The zero-order valence-corrected chi connectivity index (χ0v) is 17.2. The maximum atomic E-state index is 14.8. The van der Waals surface area contributed by atoms with Crippen molar-refractivity contribution in [2.45, 2.75) is 13.8 Å². The predicted octanol–water partition coefficient (Wildman–Crippen LogP) is 4.85. The molecule has 154 valence electrons. The van der Waals surface area contributed by atoms with E-state index in [4.69, 9.17) is 5.73 Å². The Hall–Kier alpha value is -4.06. The molecule has 1 heterocycles. The first-order chi connectivity index (χ1) is 14.9. The number of halogens is 1. The second-order valence-electron chi connectivity index (χ2n) is 7.39. The molecule has 1 amide bonds. The highest BCUT2D eigenvalue weighted by atomic mass is 19.1. The van der Waals surface area contributed by atoms with E-state index in [1.165, 1.54) is 23.3 Å². The van der Waals surface area contributed by atoms with Crippen LogP contribution in [0.5, 0.6) is 0 Å². The van der Waals surface area contributed by atoms with Gasteiger partial charge in [0.05, 0.1) is 5.57 Å². The Kier molecular flexibility index (Phi) is 5.45. The van der Waals surface area contributed by atoms with E-state index in [1.54, 1.807) is 12.1 Å². The van der Waals surface area contributed by atoms with E-state index in [9.17, 15) is 9.18 Å². The number of carbonyl (C=O) groups is 1. The molecule has 0 unspecified atom stereocenters. The lowest BCUT2D eigenvalue weighted by atomic mass is 10.00. The lowest BCUT2D eigenvalue weighted by Gasteiger charge is -2.08. The van der Waals surface area contributed by atoms with Crippen LogP contribution in [0.15, 0.2) is 73.1 Å². The summed E-state index contributed by atoms with van der Waals surface area (Å²) in [6.45, 7) is 4.01. The molecule has 4 rings (SSSR count). The van der Waals surface area contributed by atoms with E-state index in [2.05, 4.69) is 16.1 Å². The quantitative estimate of drug-likeness (QED) is 0.476. The van der Waals surface area contributed by atoms with Crippen LogP contribution in [-0.4, -0.2) is 20.7 Å². The van der Waals surface area contributed by atoms with E-state index in [1.807, 2.05) is 56.3 Å². The van der Waals surface area contributed by atoms with Gasteiger partial charge in [-0.25, -0.2) is 14.1 Å². The van der Waals surface area contributed by atoms with Crippen molar-refractivity contribution >= 4 is 17.7 Å². The smallest absolute Gasteiger partial charge is 0.250 e. The van der Waals surface area contributed by atoms with Crippen molar-refractivity contribution in [2.75, 3.05) is 0 Å². The Balaban J connectivity index is 1.69. The molecule has 0 bridgehead atoms. The Morgan fingerprint density at radius 2 is 1.68 bits per heavy atom. The van der Waals surface area contributed by atoms with Gasteiger partial charge in [-0.05, 0) is 43.2 Å². The monoisotopic (exact) mass is 412 g/mol.